The summed E-state index contributed by atoms with van der Waals surface area (Å²) in [6.45, 7) is 0. The van der Waals surface area contributed by atoms with Gasteiger partial charge in [-0.2, -0.15) is 0 Å². The van der Waals surface area contributed by atoms with E-state index in [1.165, 1.54) is 18.1 Å². The van der Waals surface area contributed by atoms with Gasteiger partial charge in [-0.25, -0.2) is 9.18 Å². The summed E-state index contributed by atoms with van der Waals surface area (Å²) >= 11 is 0. The first-order valence-corrected chi connectivity index (χ1v) is 6.14. The van der Waals surface area contributed by atoms with Crippen LogP contribution in [0.1, 0.15) is 10.4 Å². The molecule has 0 aliphatic rings. The van der Waals surface area contributed by atoms with Crippen LogP contribution in [0.15, 0.2) is 36.4 Å². The number of nitrogens with zero attached hydrogens (tertiary/aromatic N) is 1. The molecule has 0 amide bonds. The number of nitrogen functional groups attached to an aromatic ring is 1. The Labute approximate surface area is 121 Å². The molecule has 0 radical (unpaired) electrons. The quantitative estimate of drug-likeness (QED) is 0.847. The zero-order valence-corrected chi connectivity index (χ0v) is 11.6. The molecule has 0 bridgehead atoms. The molecule has 2 aromatic carbocycles. The van der Waals surface area contributed by atoms with Gasteiger partial charge in [0.05, 0.1) is 24.0 Å². The third-order valence-electron chi connectivity index (χ3n) is 3.16. The number of hydrogen-bond donors (Lipinski definition) is 2. The molecule has 0 atom stereocenters. The molecule has 2 rings (SSSR count). The van der Waals surface area contributed by atoms with Crippen molar-refractivity contribution in [2.75, 3.05) is 24.8 Å². The molecule has 0 aliphatic carbocycles. The maximum absolute atomic E-state index is 14.1. The van der Waals surface area contributed by atoms with E-state index in [2.05, 4.69) is 0 Å². The molecule has 0 heterocycles. The number of para-hydroxylation sites is 2. The minimum absolute atomic E-state index is 0.103. The van der Waals surface area contributed by atoms with Crippen LogP contribution in [0, 0.1) is 5.82 Å². The highest BCUT2D eigenvalue weighted by Crippen LogP contribution is 2.35. The first kappa shape index (κ1) is 14.6. The molecular weight excluding hydrogens is 275 g/mol. The Morgan fingerprint density at radius 1 is 1.29 bits per heavy atom. The normalized spacial score (nSPS) is 10.2. The van der Waals surface area contributed by atoms with Gasteiger partial charge in [-0.15, -0.1) is 0 Å². The molecule has 0 saturated heterocycles. The van der Waals surface area contributed by atoms with E-state index in [-0.39, 0.29) is 16.9 Å². The van der Waals surface area contributed by atoms with Crippen LogP contribution in [0.5, 0.6) is 5.75 Å². The maximum atomic E-state index is 14.1. The standard InChI is InChI=1S/C15H15FN2O3/c1-18(12-5-3-4-6-14(12)21-2)13-7-9(15(19)20)11(17)8-10(13)16/h3-8H,17H2,1-2H3,(H,19,20). The second kappa shape index (κ2) is 5.70. The Kier molecular flexibility index (Phi) is 3.98. The summed E-state index contributed by atoms with van der Waals surface area (Å²) in [5.41, 5.74) is 5.98. The van der Waals surface area contributed by atoms with Crippen molar-refractivity contribution in [2.45, 2.75) is 0 Å². The number of ether oxygens (including phenoxy) is 1. The van der Waals surface area contributed by atoms with Gasteiger partial charge in [-0.1, -0.05) is 12.1 Å². The lowest BCUT2D eigenvalue weighted by Crippen LogP contribution is -2.14. The maximum Gasteiger partial charge on any atom is 0.337 e. The first-order chi connectivity index (χ1) is 9.95. The Hall–Kier alpha value is -2.76. The van der Waals surface area contributed by atoms with Crippen LogP contribution in [-0.4, -0.2) is 25.2 Å². The summed E-state index contributed by atoms with van der Waals surface area (Å²) in [7, 11) is 3.13. The van der Waals surface area contributed by atoms with Crippen molar-refractivity contribution in [1.29, 1.82) is 0 Å². The number of carboxylic acid groups (broad SMARTS) is 1. The van der Waals surface area contributed by atoms with Crippen molar-refractivity contribution >= 4 is 23.0 Å². The van der Waals surface area contributed by atoms with Crippen molar-refractivity contribution in [3.8, 4) is 5.75 Å². The topological polar surface area (TPSA) is 75.8 Å². The molecular formula is C15H15FN2O3. The van der Waals surface area contributed by atoms with Gasteiger partial charge in [0, 0.05) is 12.7 Å². The molecule has 3 N–H and O–H groups in total. The van der Waals surface area contributed by atoms with Gasteiger partial charge >= 0.3 is 5.97 Å². The lowest BCUT2D eigenvalue weighted by atomic mass is 10.1. The number of anilines is 3. The molecule has 5 nitrogen and oxygen atoms in total. The van der Waals surface area contributed by atoms with Crippen molar-refractivity contribution in [1.82, 2.24) is 0 Å². The first-order valence-electron chi connectivity index (χ1n) is 6.14. The lowest BCUT2D eigenvalue weighted by Gasteiger charge is -2.23. The van der Waals surface area contributed by atoms with E-state index in [1.807, 2.05) is 0 Å². The molecule has 6 heteroatoms. The van der Waals surface area contributed by atoms with Gasteiger partial charge < -0.3 is 20.5 Å². The van der Waals surface area contributed by atoms with Crippen molar-refractivity contribution < 1.29 is 19.0 Å². The van der Waals surface area contributed by atoms with Crippen LogP contribution in [0.4, 0.5) is 21.5 Å². The Balaban J connectivity index is 2.55. The van der Waals surface area contributed by atoms with Gasteiger partial charge in [-0.05, 0) is 24.3 Å². The summed E-state index contributed by atoms with van der Waals surface area (Å²) in [6, 6.07) is 9.26. The molecule has 0 unspecified atom stereocenters. The zero-order valence-electron chi connectivity index (χ0n) is 11.6. The number of hydrogen-bond acceptors (Lipinski definition) is 4. The fraction of sp³-hybridized carbons (Fsp3) is 0.133. The smallest absolute Gasteiger partial charge is 0.337 e. The van der Waals surface area contributed by atoms with E-state index < -0.39 is 11.8 Å². The monoisotopic (exact) mass is 290 g/mol. The summed E-state index contributed by atoms with van der Waals surface area (Å²) in [5.74, 6) is -1.26. The van der Waals surface area contributed by atoms with E-state index in [4.69, 9.17) is 15.6 Å². The lowest BCUT2D eigenvalue weighted by molar-refractivity contribution is 0.0698. The third-order valence-corrected chi connectivity index (χ3v) is 3.16. The van der Waals surface area contributed by atoms with Crippen LogP contribution >= 0.6 is 0 Å². The Morgan fingerprint density at radius 3 is 2.57 bits per heavy atom. The van der Waals surface area contributed by atoms with Crippen LogP contribution in [0.3, 0.4) is 0 Å². The Morgan fingerprint density at radius 2 is 1.95 bits per heavy atom. The van der Waals surface area contributed by atoms with Gasteiger partial charge in [0.1, 0.15) is 11.6 Å². The third kappa shape index (κ3) is 2.74. The van der Waals surface area contributed by atoms with Gasteiger partial charge in [-0.3, -0.25) is 0 Å². The molecule has 0 aromatic heterocycles. The van der Waals surface area contributed by atoms with E-state index in [1.54, 1.807) is 31.3 Å². The highest BCUT2D eigenvalue weighted by Gasteiger charge is 2.18. The van der Waals surface area contributed by atoms with Gasteiger partial charge in [0.15, 0.2) is 0 Å². The summed E-state index contributed by atoms with van der Waals surface area (Å²) < 4.78 is 19.3. The second-order valence-electron chi connectivity index (χ2n) is 4.43. The summed E-state index contributed by atoms with van der Waals surface area (Å²) in [5, 5.41) is 9.09. The van der Waals surface area contributed by atoms with Crippen molar-refractivity contribution in [3.05, 3.63) is 47.8 Å². The van der Waals surface area contributed by atoms with Gasteiger partial charge in [0.2, 0.25) is 0 Å². The van der Waals surface area contributed by atoms with Crippen LogP contribution in [-0.2, 0) is 0 Å². The van der Waals surface area contributed by atoms with E-state index in [0.29, 0.717) is 11.4 Å². The van der Waals surface area contributed by atoms with Crippen molar-refractivity contribution in [3.63, 3.8) is 0 Å². The van der Waals surface area contributed by atoms with Gasteiger partial charge in [0.25, 0.3) is 0 Å². The number of aromatic carboxylic acids is 1. The number of rotatable bonds is 4. The highest BCUT2D eigenvalue weighted by molar-refractivity contribution is 5.95. The fourth-order valence-corrected chi connectivity index (χ4v) is 2.06. The average molecular weight is 290 g/mol. The van der Waals surface area contributed by atoms with E-state index in [0.717, 1.165) is 6.07 Å². The predicted octanol–water partition coefficient (Wildman–Crippen LogP) is 2.88. The van der Waals surface area contributed by atoms with E-state index >= 15 is 0 Å². The number of methoxy groups -OCH3 is 1. The molecule has 0 spiro atoms. The Bertz CT molecular complexity index is 689. The minimum Gasteiger partial charge on any atom is -0.495 e. The van der Waals surface area contributed by atoms with Crippen LogP contribution in [0.2, 0.25) is 0 Å². The fourth-order valence-electron chi connectivity index (χ4n) is 2.06. The second-order valence-corrected chi connectivity index (χ2v) is 4.43. The number of halogens is 1. The average Bonchev–Trinajstić information content (AvgIpc) is 2.46. The van der Waals surface area contributed by atoms with Crippen molar-refractivity contribution in [2.24, 2.45) is 0 Å². The highest BCUT2D eigenvalue weighted by atomic mass is 19.1. The molecule has 21 heavy (non-hydrogen) atoms. The van der Waals surface area contributed by atoms with Crippen LogP contribution in [0.25, 0.3) is 0 Å². The van der Waals surface area contributed by atoms with E-state index in [9.17, 15) is 9.18 Å². The predicted molar refractivity (Wildman–Crippen MR) is 78.8 cm³/mol. The SMILES string of the molecule is COc1ccccc1N(C)c1cc(C(=O)O)c(N)cc1F. The molecule has 0 aliphatic heterocycles. The largest absolute Gasteiger partial charge is 0.495 e. The molecule has 0 saturated carbocycles. The zero-order chi connectivity index (χ0) is 15.6. The molecule has 0 fully saturated rings. The number of nitrogens with two attached hydrogens (primary N) is 1. The van der Waals surface area contributed by atoms with Crippen LogP contribution < -0.4 is 15.4 Å². The number of carbonyl (C=O) groups is 1. The number of benzene rings is 2. The minimum atomic E-state index is -1.21. The summed E-state index contributed by atoms with van der Waals surface area (Å²) in [6.07, 6.45) is 0. The number of carboxylic acids is 1. The summed E-state index contributed by atoms with van der Waals surface area (Å²) in [4.78, 5) is 12.6. The molecule has 110 valence electrons. The molecule has 2 aromatic rings.